The van der Waals surface area contributed by atoms with Gasteiger partial charge in [0.2, 0.25) is 0 Å². The van der Waals surface area contributed by atoms with Crippen LogP contribution in [0.3, 0.4) is 0 Å². The standard InChI is InChI=1S/C12H15N/c1-2-3-4-10-5-6-12-11(9-10)7-8-13-12/h5-9,13H,2-4H2,1H3. The van der Waals surface area contributed by atoms with Gasteiger partial charge in [0, 0.05) is 11.7 Å². The molecule has 2 rings (SSSR count). The molecule has 1 heteroatoms. The molecule has 1 nitrogen and oxygen atoms in total. The van der Waals surface area contributed by atoms with Gasteiger partial charge in [0.1, 0.15) is 0 Å². The maximum atomic E-state index is 3.20. The number of fused-ring (bicyclic) bond motifs is 1. The second kappa shape index (κ2) is 3.65. The van der Waals surface area contributed by atoms with Crippen molar-refractivity contribution in [2.24, 2.45) is 0 Å². The number of aromatic nitrogens is 1. The smallest absolute Gasteiger partial charge is 0.0454 e. The van der Waals surface area contributed by atoms with E-state index < -0.39 is 0 Å². The van der Waals surface area contributed by atoms with Gasteiger partial charge in [0.15, 0.2) is 0 Å². The maximum absolute atomic E-state index is 3.20. The fourth-order valence-corrected chi connectivity index (χ4v) is 1.64. The van der Waals surface area contributed by atoms with Gasteiger partial charge in [-0.1, -0.05) is 19.4 Å². The summed E-state index contributed by atoms with van der Waals surface area (Å²) in [6.07, 6.45) is 5.76. The fourth-order valence-electron chi connectivity index (χ4n) is 1.64. The van der Waals surface area contributed by atoms with Gasteiger partial charge in [-0.2, -0.15) is 0 Å². The average molecular weight is 173 g/mol. The van der Waals surface area contributed by atoms with Gasteiger partial charge < -0.3 is 4.98 Å². The van der Waals surface area contributed by atoms with E-state index in [0.29, 0.717) is 0 Å². The summed E-state index contributed by atoms with van der Waals surface area (Å²) < 4.78 is 0. The third-order valence-corrected chi connectivity index (χ3v) is 2.44. The minimum atomic E-state index is 1.21. The Balaban J connectivity index is 2.26. The van der Waals surface area contributed by atoms with E-state index in [2.05, 4.69) is 36.2 Å². The summed E-state index contributed by atoms with van der Waals surface area (Å²) in [7, 11) is 0. The molecule has 0 amide bonds. The summed E-state index contributed by atoms with van der Waals surface area (Å²) in [4.78, 5) is 3.20. The second-order valence-electron chi connectivity index (χ2n) is 3.50. The lowest BCUT2D eigenvalue weighted by Gasteiger charge is -1.99. The van der Waals surface area contributed by atoms with Crippen LogP contribution in [0, 0.1) is 0 Å². The Labute approximate surface area is 78.8 Å². The van der Waals surface area contributed by atoms with E-state index in [1.807, 2.05) is 6.20 Å². The van der Waals surface area contributed by atoms with Crippen molar-refractivity contribution in [1.82, 2.24) is 4.98 Å². The van der Waals surface area contributed by atoms with Crippen molar-refractivity contribution in [2.75, 3.05) is 0 Å². The van der Waals surface area contributed by atoms with E-state index in [-0.39, 0.29) is 0 Å². The van der Waals surface area contributed by atoms with Crippen LogP contribution < -0.4 is 0 Å². The highest BCUT2D eigenvalue weighted by Crippen LogP contribution is 2.15. The lowest BCUT2D eigenvalue weighted by Crippen LogP contribution is -1.83. The Morgan fingerprint density at radius 1 is 1.23 bits per heavy atom. The molecular weight excluding hydrogens is 158 g/mol. The average Bonchev–Trinajstić information content (AvgIpc) is 2.61. The van der Waals surface area contributed by atoms with Crippen LogP contribution in [-0.2, 0) is 6.42 Å². The number of benzene rings is 1. The van der Waals surface area contributed by atoms with Crippen LogP contribution in [0.2, 0.25) is 0 Å². The van der Waals surface area contributed by atoms with Gasteiger partial charge in [-0.3, -0.25) is 0 Å². The topological polar surface area (TPSA) is 15.8 Å². The SMILES string of the molecule is CCCCc1ccc2[nH]ccc2c1. The summed E-state index contributed by atoms with van der Waals surface area (Å²) in [6, 6.07) is 8.79. The van der Waals surface area contributed by atoms with Crippen LogP contribution >= 0.6 is 0 Å². The molecule has 1 N–H and O–H groups in total. The Morgan fingerprint density at radius 3 is 3.00 bits per heavy atom. The van der Waals surface area contributed by atoms with Gasteiger partial charge >= 0.3 is 0 Å². The molecule has 0 aliphatic rings. The molecule has 0 unspecified atom stereocenters. The number of hydrogen-bond donors (Lipinski definition) is 1. The third kappa shape index (κ3) is 1.74. The zero-order valence-corrected chi connectivity index (χ0v) is 8.01. The lowest BCUT2D eigenvalue weighted by atomic mass is 10.1. The molecule has 1 aromatic carbocycles. The molecule has 0 bridgehead atoms. The molecule has 2 aromatic rings. The molecule has 0 fully saturated rings. The quantitative estimate of drug-likeness (QED) is 0.731. The Bertz CT molecular complexity index is 387. The highest BCUT2D eigenvalue weighted by molar-refractivity contribution is 5.79. The number of unbranched alkanes of at least 4 members (excludes halogenated alkanes) is 1. The third-order valence-electron chi connectivity index (χ3n) is 2.44. The minimum Gasteiger partial charge on any atom is -0.361 e. The molecule has 13 heavy (non-hydrogen) atoms. The van der Waals surface area contributed by atoms with Crippen molar-refractivity contribution in [3.8, 4) is 0 Å². The van der Waals surface area contributed by atoms with Crippen LogP contribution in [0.1, 0.15) is 25.3 Å². The van der Waals surface area contributed by atoms with E-state index >= 15 is 0 Å². The van der Waals surface area contributed by atoms with E-state index in [9.17, 15) is 0 Å². The molecule has 0 spiro atoms. The number of aromatic amines is 1. The molecule has 68 valence electrons. The zero-order valence-electron chi connectivity index (χ0n) is 8.01. The number of nitrogens with one attached hydrogen (secondary N) is 1. The molecule has 0 atom stereocenters. The van der Waals surface area contributed by atoms with E-state index in [0.717, 1.165) is 0 Å². The Morgan fingerprint density at radius 2 is 2.15 bits per heavy atom. The predicted molar refractivity (Wildman–Crippen MR) is 56.9 cm³/mol. The molecular formula is C12H15N. The fraction of sp³-hybridized carbons (Fsp3) is 0.333. The van der Waals surface area contributed by atoms with Crippen molar-refractivity contribution >= 4 is 10.9 Å². The van der Waals surface area contributed by atoms with E-state index in [1.54, 1.807) is 0 Å². The molecule has 0 aliphatic carbocycles. The largest absolute Gasteiger partial charge is 0.361 e. The van der Waals surface area contributed by atoms with Gasteiger partial charge in [-0.05, 0) is 42.0 Å². The first-order chi connectivity index (χ1) is 6.40. The summed E-state index contributed by atoms with van der Waals surface area (Å²) in [5.41, 5.74) is 2.69. The van der Waals surface area contributed by atoms with Crippen LogP contribution in [0.5, 0.6) is 0 Å². The Hall–Kier alpha value is -1.24. The summed E-state index contributed by atoms with van der Waals surface area (Å²) in [6.45, 7) is 2.23. The molecule has 0 aliphatic heterocycles. The number of H-pyrrole nitrogens is 1. The summed E-state index contributed by atoms with van der Waals surface area (Å²) in [5.74, 6) is 0. The van der Waals surface area contributed by atoms with Gasteiger partial charge in [0.05, 0.1) is 0 Å². The highest BCUT2D eigenvalue weighted by Gasteiger charge is 1.96. The van der Waals surface area contributed by atoms with Crippen molar-refractivity contribution < 1.29 is 0 Å². The van der Waals surface area contributed by atoms with Crippen LogP contribution in [0.25, 0.3) is 10.9 Å². The van der Waals surface area contributed by atoms with Crippen molar-refractivity contribution in [2.45, 2.75) is 26.2 Å². The highest BCUT2D eigenvalue weighted by atomic mass is 14.7. The van der Waals surface area contributed by atoms with Crippen LogP contribution in [0.4, 0.5) is 0 Å². The van der Waals surface area contributed by atoms with Crippen molar-refractivity contribution in [3.05, 3.63) is 36.0 Å². The summed E-state index contributed by atoms with van der Waals surface area (Å²) >= 11 is 0. The number of hydrogen-bond acceptors (Lipinski definition) is 0. The van der Waals surface area contributed by atoms with E-state index in [4.69, 9.17) is 0 Å². The first-order valence-electron chi connectivity index (χ1n) is 4.96. The number of aryl methyl sites for hydroxylation is 1. The van der Waals surface area contributed by atoms with Gasteiger partial charge in [-0.25, -0.2) is 0 Å². The molecule has 1 heterocycles. The predicted octanol–water partition coefficient (Wildman–Crippen LogP) is 3.51. The second-order valence-corrected chi connectivity index (χ2v) is 3.50. The normalized spacial score (nSPS) is 10.8. The molecule has 0 saturated carbocycles. The lowest BCUT2D eigenvalue weighted by molar-refractivity contribution is 0.796. The maximum Gasteiger partial charge on any atom is 0.0454 e. The number of rotatable bonds is 3. The first-order valence-corrected chi connectivity index (χ1v) is 4.96. The van der Waals surface area contributed by atoms with Crippen LogP contribution in [-0.4, -0.2) is 4.98 Å². The Kier molecular flexibility index (Phi) is 2.35. The first kappa shape index (κ1) is 8.36. The van der Waals surface area contributed by atoms with Gasteiger partial charge in [-0.15, -0.1) is 0 Å². The zero-order chi connectivity index (χ0) is 9.10. The van der Waals surface area contributed by atoms with Crippen molar-refractivity contribution in [1.29, 1.82) is 0 Å². The summed E-state index contributed by atoms with van der Waals surface area (Å²) in [5, 5.41) is 1.33. The van der Waals surface area contributed by atoms with Crippen LogP contribution in [0.15, 0.2) is 30.5 Å². The van der Waals surface area contributed by atoms with E-state index in [1.165, 1.54) is 35.7 Å². The van der Waals surface area contributed by atoms with Gasteiger partial charge in [0.25, 0.3) is 0 Å². The molecule has 0 radical (unpaired) electrons. The van der Waals surface area contributed by atoms with Crippen molar-refractivity contribution in [3.63, 3.8) is 0 Å². The minimum absolute atomic E-state index is 1.21. The monoisotopic (exact) mass is 173 g/mol. The molecule has 1 aromatic heterocycles. The molecule has 0 saturated heterocycles.